The third-order valence-electron chi connectivity index (χ3n) is 3.47. The quantitative estimate of drug-likeness (QED) is 0.599. The Morgan fingerprint density at radius 2 is 1.95 bits per heavy atom. The highest BCUT2D eigenvalue weighted by Crippen LogP contribution is 2.22. The number of carbonyl (C=O) groups excluding carboxylic acids is 1. The Hall–Kier alpha value is -1.59. The number of carboxylic acid groups (broad SMARTS) is 1. The fourth-order valence-corrected chi connectivity index (χ4v) is 2.05. The van der Waals surface area contributed by atoms with E-state index in [0.29, 0.717) is 31.3 Å². The third-order valence-corrected chi connectivity index (χ3v) is 3.47. The number of piperidine rings is 1. The van der Waals surface area contributed by atoms with Gasteiger partial charge in [-0.2, -0.15) is 4.99 Å². The standard InChI is InChI=1S/C13H23N3O3/c1-9(2)12(14)15-13(19)16-7-5-10(6-8-16)3-4-11(17)18/h9-10H,3-8H2,1-2H3,(H,17,18)(H2,14,15,19). The highest BCUT2D eigenvalue weighted by atomic mass is 16.4. The monoisotopic (exact) mass is 269 g/mol. The van der Waals surface area contributed by atoms with Crippen molar-refractivity contribution in [2.75, 3.05) is 13.1 Å². The lowest BCUT2D eigenvalue weighted by molar-refractivity contribution is -0.137. The second-order valence-electron chi connectivity index (χ2n) is 5.34. The van der Waals surface area contributed by atoms with Crippen molar-refractivity contribution in [2.24, 2.45) is 22.6 Å². The minimum Gasteiger partial charge on any atom is -0.481 e. The Balaban J connectivity index is 2.39. The average molecular weight is 269 g/mol. The molecule has 0 saturated carbocycles. The molecule has 1 rings (SSSR count). The molecule has 108 valence electrons. The van der Waals surface area contributed by atoms with Gasteiger partial charge in [0, 0.05) is 25.4 Å². The fraction of sp³-hybridized carbons (Fsp3) is 0.769. The molecule has 0 radical (unpaired) electrons. The molecule has 6 heteroatoms. The Bertz CT molecular complexity index is 358. The third kappa shape index (κ3) is 5.28. The van der Waals surface area contributed by atoms with Crippen LogP contribution in [0.4, 0.5) is 4.79 Å². The second kappa shape index (κ2) is 7.11. The molecule has 1 heterocycles. The number of amidine groups is 1. The number of carboxylic acids is 1. The molecule has 3 N–H and O–H groups in total. The zero-order valence-electron chi connectivity index (χ0n) is 11.6. The van der Waals surface area contributed by atoms with Crippen LogP contribution < -0.4 is 5.73 Å². The topological polar surface area (TPSA) is 96.0 Å². The summed E-state index contributed by atoms with van der Waals surface area (Å²) < 4.78 is 0. The van der Waals surface area contributed by atoms with E-state index >= 15 is 0 Å². The summed E-state index contributed by atoms with van der Waals surface area (Å²) in [5.41, 5.74) is 5.67. The first-order chi connectivity index (χ1) is 8.90. The number of likely N-dealkylation sites (tertiary alicyclic amines) is 1. The van der Waals surface area contributed by atoms with Gasteiger partial charge in [-0.3, -0.25) is 4.79 Å². The van der Waals surface area contributed by atoms with Crippen LogP contribution in [0.25, 0.3) is 0 Å². The molecule has 1 fully saturated rings. The van der Waals surface area contributed by atoms with E-state index in [1.54, 1.807) is 4.90 Å². The number of urea groups is 1. The van der Waals surface area contributed by atoms with E-state index in [0.717, 1.165) is 12.8 Å². The van der Waals surface area contributed by atoms with Crippen LogP contribution in [-0.2, 0) is 4.79 Å². The van der Waals surface area contributed by atoms with Crippen LogP contribution in [0.15, 0.2) is 4.99 Å². The van der Waals surface area contributed by atoms with Crippen LogP contribution in [0.3, 0.4) is 0 Å². The van der Waals surface area contributed by atoms with E-state index in [9.17, 15) is 9.59 Å². The van der Waals surface area contributed by atoms with Crippen molar-refractivity contribution in [1.29, 1.82) is 0 Å². The van der Waals surface area contributed by atoms with Crippen molar-refractivity contribution in [3.8, 4) is 0 Å². The van der Waals surface area contributed by atoms with Crippen LogP contribution in [0, 0.1) is 11.8 Å². The molecule has 0 unspecified atom stereocenters. The summed E-state index contributed by atoms with van der Waals surface area (Å²) in [7, 11) is 0. The molecule has 1 aliphatic heterocycles. The Morgan fingerprint density at radius 1 is 1.37 bits per heavy atom. The first-order valence-corrected chi connectivity index (χ1v) is 6.75. The van der Waals surface area contributed by atoms with Gasteiger partial charge in [0.2, 0.25) is 0 Å². The molecular formula is C13H23N3O3. The Kier molecular flexibility index (Phi) is 5.79. The van der Waals surface area contributed by atoms with Gasteiger partial charge in [-0.1, -0.05) is 13.8 Å². The SMILES string of the molecule is CC(C)/C(N)=N/C(=O)N1CCC(CCC(=O)O)CC1. The smallest absolute Gasteiger partial charge is 0.345 e. The molecule has 0 aromatic rings. The fourth-order valence-electron chi connectivity index (χ4n) is 2.05. The average Bonchev–Trinajstić information content (AvgIpc) is 2.36. The largest absolute Gasteiger partial charge is 0.481 e. The lowest BCUT2D eigenvalue weighted by atomic mass is 9.92. The predicted octanol–water partition coefficient (Wildman–Crippen LogP) is 1.70. The first kappa shape index (κ1) is 15.5. The summed E-state index contributed by atoms with van der Waals surface area (Å²) >= 11 is 0. The van der Waals surface area contributed by atoms with E-state index in [-0.39, 0.29) is 18.4 Å². The lowest BCUT2D eigenvalue weighted by Crippen LogP contribution is -2.38. The maximum Gasteiger partial charge on any atom is 0.345 e. The number of amides is 2. The number of nitrogens with zero attached hydrogens (tertiary/aromatic N) is 2. The molecule has 0 spiro atoms. The minimum absolute atomic E-state index is 0.0667. The highest BCUT2D eigenvalue weighted by molar-refractivity contribution is 5.93. The van der Waals surface area contributed by atoms with Gasteiger partial charge in [0.1, 0.15) is 5.84 Å². The van der Waals surface area contributed by atoms with Gasteiger partial charge in [-0.25, -0.2) is 4.79 Å². The summed E-state index contributed by atoms with van der Waals surface area (Å²) in [6, 6.07) is -0.275. The van der Waals surface area contributed by atoms with Crippen molar-refractivity contribution in [3.63, 3.8) is 0 Å². The number of hydrogen-bond donors (Lipinski definition) is 2. The van der Waals surface area contributed by atoms with Crippen LogP contribution >= 0.6 is 0 Å². The molecule has 0 aromatic carbocycles. The first-order valence-electron chi connectivity index (χ1n) is 6.75. The predicted molar refractivity (Wildman–Crippen MR) is 73.0 cm³/mol. The molecule has 19 heavy (non-hydrogen) atoms. The number of hydrogen-bond acceptors (Lipinski definition) is 2. The van der Waals surface area contributed by atoms with E-state index in [4.69, 9.17) is 10.8 Å². The van der Waals surface area contributed by atoms with Crippen LogP contribution in [0.5, 0.6) is 0 Å². The number of aliphatic carboxylic acids is 1. The van der Waals surface area contributed by atoms with Crippen molar-refractivity contribution < 1.29 is 14.7 Å². The van der Waals surface area contributed by atoms with Gasteiger partial charge in [-0.05, 0) is 25.2 Å². The van der Waals surface area contributed by atoms with E-state index in [2.05, 4.69) is 4.99 Å². The molecular weight excluding hydrogens is 246 g/mol. The van der Waals surface area contributed by atoms with Gasteiger partial charge >= 0.3 is 12.0 Å². The normalized spacial score (nSPS) is 17.8. The Morgan fingerprint density at radius 3 is 2.42 bits per heavy atom. The molecule has 6 nitrogen and oxygen atoms in total. The zero-order valence-corrected chi connectivity index (χ0v) is 11.6. The molecule has 0 aromatic heterocycles. The van der Waals surface area contributed by atoms with Gasteiger partial charge in [0.15, 0.2) is 0 Å². The number of carbonyl (C=O) groups is 2. The number of aliphatic imine (C=N–C) groups is 1. The van der Waals surface area contributed by atoms with Crippen molar-refractivity contribution >= 4 is 17.8 Å². The summed E-state index contributed by atoms with van der Waals surface area (Å²) in [4.78, 5) is 27.9. The number of rotatable bonds is 4. The molecule has 0 atom stereocenters. The summed E-state index contributed by atoms with van der Waals surface area (Å²) in [6.07, 6.45) is 2.58. The molecule has 1 saturated heterocycles. The van der Waals surface area contributed by atoms with E-state index in [1.807, 2.05) is 13.8 Å². The van der Waals surface area contributed by atoms with E-state index in [1.165, 1.54) is 0 Å². The maximum absolute atomic E-state index is 11.9. The van der Waals surface area contributed by atoms with Crippen molar-refractivity contribution in [1.82, 2.24) is 4.90 Å². The van der Waals surface area contributed by atoms with Gasteiger partial charge in [0.25, 0.3) is 0 Å². The summed E-state index contributed by atoms with van der Waals surface area (Å²) in [6.45, 7) is 5.06. The lowest BCUT2D eigenvalue weighted by Gasteiger charge is -2.30. The highest BCUT2D eigenvalue weighted by Gasteiger charge is 2.23. The molecule has 0 bridgehead atoms. The molecule has 1 aliphatic rings. The van der Waals surface area contributed by atoms with Gasteiger partial charge < -0.3 is 15.7 Å². The number of nitrogens with two attached hydrogens (primary N) is 1. The summed E-state index contributed by atoms with van der Waals surface area (Å²) in [5.74, 6) is 0.0643. The van der Waals surface area contributed by atoms with Crippen LogP contribution in [-0.4, -0.2) is 40.9 Å². The van der Waals surface area contributed by atoms with Gasteiger partial charge in [-0.15, -0.1) is 0 Å². The minimum atomic E-state index is -0.757. The molecule has 0 aliphatic carbocycles. The zero-order chi connectivity index (χ0) is 14.4. The maximum atomic E-state index is 11.9. The molecule has 2 amide bonds. The van der Waals surface area contributed by atoms with E-state index < -0.39 is 5.97 Å². The van der Waals surface area contributed by atoms with Gasteiger partial charge in [0.05, 0.1) is 0 Å². The Labute approximate surface area is 113 Å². The van der Waals surface area contributed by atoms with Crippen LogP contribution in [0.2, 0.25) is 0 Å². The van der Waals surface area contributed by atoms with Crippen molar-refractivity contribution in [3.05, 3.63) is 0 Å². The second-order valence-corrected chi connectivity index (χ2v) is 5.34. The summed E-state index contributed by atoms with van der Waals surface area (Å²) in [5, 5.41) is 8.64. The van der Waals surface area contributed by atoms with Crippen molar-refractivity contribution in [2.45, 2.75) is 39.5 Å². The van der Waals surface area contributed by atoms with Crippen LogP contribution in [0.1, 0.15) is 39.5 Å².